The van der Waals surface area contributed by atoms with Crippen LogP contribution in [0, 0.1) is 6.92 Å². The van der Waals surface area contributed by atoms with Gasteiger partial charge in [-0.05, 0) is 36.6 Å². The van der Waals surface area contributed by atoms with Crippen molar-refractivity contribution in [3.05, 3.63) is 28.8 Å². The molecular formula is C11H13NO3S. The molecule has 1 aromatic carbocycles. The second kappa shape index (κ2) is 3.59. The Morgan fingerprint density at radius 3 is 2.56 bits per heavy atom. The molecule has 0 saturated heterocycles. The zero-order valence-electron chi connectivity index (χ0n) is 9.20. The summed E-state index contributed by atoms with van der Waals surface area (Å²) >= 11 is 0. The lowest BCUT2D eigenvalue weighted by Crippen LogP contribution is -2.11. The second-order valence-corrected chi connectivity index (χ2v) is 5.87. The molecule has 0 aliphatic heterocycles. The molecule has 0 bridgehead atoms. The van der Waals surface area contributed by atoms with Crippen molar-refractivity contribution in [3.63, 3.8) is 0 Å². The molecule has 0 aromatic heterocycles. The van der Waals surface area contributed by atoms with Crippen molar-refractivity contribution in [1.82, 2.24) is 0 Å². The van der Waals surface area contributed by atoms with Gasteiger partial charge in [0.1, 0.15) is 0 Å². The Labute approximate surface area is 94.7 Å². The molecule has 1 aliphatic carbocycles. The first-order chi connectivity index (χ1) is 7.37. The van der Waals surface area contributed by atoms with Crippen molar-refractivity contribution in [3.8, 4) is 0 Å². The molecule has 86 valence electrons. The third-order valence-electron chi connectivity index (χ3n) is 2.67. The molecule has 2 rings (SSSR count). The van der Waals surface area contributed by atoms with Gasteiger partial charge >= 0.3 is 0 Å². The zero-order valence-corrected chi connectivity index (χ0v) is 10.0. The molecule has 0 unspecified atom stereocenters. The van der Waals surface area contributed by atoms with E-state index in [1.807, 2.05) is 0 Å². The van der Waals surface area contributed by atoms with Gasteiger partial charge in [-0.1, -0.05) is 0 Å². The third kappa shape index (κ3) is 2.09. The number of hydrogen-bond acceptors (Lipinski definition) is 3. The molecule has 0 saturated carbocycles. The first-order valence-corrected chi connectivity index (χ1v) is 6.90. The van der Waals surface area contributed by atoms with E-state index in [2.05, 4.69) is 4.72 Å². The summed E-state index contributed by atoms with van der Waals surface area (Å²) < 4.78 is 24.7. The van der Waals surface area contributed by atoms with Gasteiger partial charge in [-0.25, -0.2) is 8.42 Å². The monoisotopic (exact) mass is 239 g/mol. The summed E-state index contributed by atoms with van der Waals surface area (Å²) in [5, 5.41) is 0. The van der Waals surface area contributed by atoms with Crippen molar-refractivity contribution in [2.75, 3.05) is 11.0 Å². The molecule has 1 N–H and O–H groups in total. The maximum absolute atomic E-state index is 11.5. The Morgan fingerprint density at radius 1 is 1.25 bits per heavy atom. The Balaban J connectivity index is 2.47. The smallest absolute Gasteiger partial charge is 0.229 e. The number of hydrogen-bond donors (Lipinski definition) is 1. The number of anilines is 1. The molecule has 1 aliphatic rings. The van der Waals surface area contributed by atoms with Gasteiger partial charge in [-0.3, -0.25) is 9.52 Å². The van der Waals surface area contributed by atoms with Crippen molar-refractivity contribution in [1.29, 1.82) is 0 Å². The Kier molecular flexibility index (Phi) is 2.50. The number of carbonyl (C=O) groups excluding carboxylic acids is 1. The minimum Gasteiger partial charge on any atom is -0.294 e. The maximum atomic E-state index is 11.5. The number of carbonyl (C=O) groups is 1. The number of sulfonamides is 1. The van der Waals surface area contributed by atoms with Crippen LogP contribution in [0.4, 0.5) is 5.69 Å². The van der Waals surface area contributed by atoms with Crippen LogP contribution in [-0.4, -0.2) is 20.5 Å². The summed E-state index contributed by atoms with van der Waals surface area (Å²) in [4.78, 5) is 11.5. The fourth-order valence-corrected chi connectivity index (χ4v) is 2.53. The fourth-order valence-electron chi connectivity index (χ4n) is 1.91. The number of nitrogens with one attached hydrogen (secondary N) is 1. The lowest BCUT2D eigenvalue weighted by molar-refractivity contribution is 0.0994. The average molecular weight is 239 g/mol. The topological polar surface area (TPSA) is 63.2 Å². The number of rotatable bonds is 2. The van der Waals surface area contributed by atoms with Crippen LogP contribution in [0.2, 0.25) is 0 Å². The summed E-state index contributed by atoms with van der Waals surface area (Å²) in [6, 6.07) is 3.52. The van der Waals surface area contributed by atoms with Crippen LogP contribution in [0.5, 0.6) is 0 Å². The molecule has 1 aromatic rings. The highest BCUT2D eigenvalue weighted by atomic mass is 32.2. The average Bonchev–Trinajstić information content (AvgIpc) is 2.47. The van der Waals surface area contributed by atoms with Crippen LogP contribution in [0.3, 0.4) is 0 Å². The van der Waals surface area contributed by atoms with Crippen molar-refractivity contribution >= 4 is 21.5 Å². The lowest BCUT2D eigenvalue weighted by atomic mass is 10.1. The fraction of sp³-hybridized carbons (Fsp3) is 0.364. The Bertz CT molecular complexity index is 561. The predicted molar refractivity (Wildman–Crippen MR) is 62.3 cm³/mol. The van der Waals surface area contributed by atoms with Gasteiger partial charge in [-0.2, -0.15) is 0 Å². The SMILES string of the molecule is Cc1cc2c(cc1NS(C)(=O)=O)CCC2=O. The Morgan fingerprint density at radius 2 is 1.94 bits per heavy atom. The van der Waals surface area contributed by atoms with Crippen molar-refractivity contribution in [2.45, 2.75) is 19.8 Å². The van der Waals surface area contributed by atoms with Gasteiger partial charge in [0.2, 0.25) is 10.0 Å². The first kappa shape index (κ1) is 11.1. The van der Waals surface area contributed by atoms with Crippen molar-refractivity contribution in [2.24, 2.45) is 0 Å². The van der Waals surface area contributed by atoms with Gasteiger partial charge in [-0.15, -0.1) is 0 Å². The second-order valence-electron chi connectivity index (χ2n) is 4.12. The number of benzene rings is 1. The van der Waals surface area contributed by atoms with E-state index < -0.39 is 10.0 Å². The van der Waals surface area contributed by atoms with Gasteiger partial charge in [0.05, 0.1) is 11.9 Å². The normalized spacial score (nSPS) is 15.0. The summed E-state index contributed by atoms with van der Waals surface area (Å²) in [5.41, 5.74) is 3.01. The summed E-state index contributed by atoms with van der Waals surface area (Å²) in [7, 11) is -3.27. The number of ketones is 1. The first-order valence-electron chi connectivity index (χ1n) is 5.01. The van der Waals surface area contributed by atoms with E-state index >= 15 is 0 Å². The molecule has 0 atom stereocenters. The van der Waals surface area contributed by atoms with Gasteiger partial charge in [0.25, 0.3) is 0 Å². The molecule has 0 heterocycles. The van der Waals surface area contributed by atoms with Crippen LogP contribution in [0.25, 0.3) is 0 Å². The van der Waals surface area contributed by atoms with Crippen molar-refractivity contribution < 1.29 is 13.2 Å². The zero-order chi connectivity index (χ0) is 11.9. The molecule has 4 nitrogen and oxygen atoms in total. The quantitative estimate of drug-likeness (QED) is 0.850. The van der Waals surface area contributed by atoms with E-state index in [-0.39, 0.29) is 5.78 Å². The maximum Gasteiger partial charge on any atom is 0.229 e. The largest absolute Gasteiger partial charge is 0.294 e. The summed E-state index contributed by atoms with van der Waals surface area (Å²) in [6.07, 6.45) is 2.34. The molecule has 16 heavy (non-hydrogen) atoms. The Hall–Kier alpha value is -1.36. The van der Waals surface area contributed by atoms with E-state index in [0.29, 0.717) is 18.5 Å². The third-order valence-corrected chi connectivity index (χ3v) is 3.26. The molecule has 0 fully saturated rings. The standard InChI is InChI=1S/C11H13NO3S/c1-7-5-9-8(3-4-11(9)13)6-10(7)12-16(2,14)15/h5-6,12H,3-4H2,1-2H3. The number of aryl methyl sites for hydroxylation is 2. The van der Waals surface area contributed by atoms with Crippen LogP contribution in [0.15, 0.2) is 12.1 Å². The van der Waals surface area contributed by atoms with Crippen LogP contribution < -0.4 is 4.72 Å². The van der Waals surface area contributed by atoms with E-state index in [4.69, 9.17) is 0 Å². The molecule has 0 radical (unpaired) electrons. The molecule has 0 amide bonds. The highest BCUT2D eigenvalue weighted by Crippen LogP contribution is 2.28. The van der Waals surface area contributed by atoms with Crippen LogP contribution in [0.1, 0.15) is 27.9 Å². The summed E-state index contributed by atoms with van der Waals surface area (Å²) in [5.74, 6) is 0.143. The minimum atomic E-state index is -3.27. The minimum absolute atomic E-state index is 0.143. The van der Waals surface area contributed by atoms with Gasteiger partial charge in [0, 0.05) is 12.0 Å². The number of Topliss-reactive ketones (excluding diaryl/α,β-unsaturated/α-hetero) is 1. The number of fused-ring (bicyclic) bond motifs is 1. The lowest BCUT2D eigenvalue weighted by Gasteiger charge is -2.09. The molecule has 5 heteroatoms. The van der Waals surface area contributed by atoms with E-state index in [1.54, 1.807) is 19.1 Å². The van der Waals surface area contributed by atoms with Gasteiger partial charge in [0.15, 0.2) is 5.78 Å². The van der Waals surface area contributed by atoms with Crippen LogP contribution >= 0.6 is 0 Å². The van der Waals surface area contributed by atoms with E-state index in [9.17, 15) is 13.2 Å². The van der Waals surface area contributed by atoms with E-state index in [0.717, 1.165) is 22.9 Å². The van der Waals surface area contributed by atoms with Crippen LogP contribution in [-0.2, 0) is 16.4 Å². The molecule has 0 spiro atoms. The van der Waals surface area contributed by atoms with Gasteiger partial charge < -0.3 is 0 Å². The predicted octanol–water partition coefficient (Wildman–Crippen LogP) is 1.50. The highest BCUT2D eigenvalue weighted by molar-refractivity contribution is 7.92. The highest BCUT2D eigenvalue weighted by Gasteiger charge is 2.21. The summed E-state index contributed by atoms with van der Waals surface area (Å²) in [6.45, 7) is 1.79. The molecular weight excluding hydrogens is 226 g/mol. The van der Waals surface area contributed by atoms with E-state index in [1.165, 1.54) is 0 Å².